The van der Waals surface area contributed by atoms with Crippen LogP contribution in [0.2, 0.25) is 0 Å². The molecule has 3 heteroatoms. The number of rotatable bonds is 1. The fourth-order valence-electron chi connectivity index (χ4n) is 2.15. The second kappa shape index (κ2) is 3.88. The molecule has 0 fully saturated rings. The first kappa shape index (κ1) is 10.8. The van der Waals surface area contributed by atoms with E-state index in [0.29, 0.717) is 16.7 Å². The lowest BCUT2D eigenvalue weighted by Crippen LogP contribution is -2.00. The van der Waals surface area contributed by atoms with Gasteiger partial charge in [0, 0.05) is 10.8 Å². The van der Waals surface area contributed by atoms with Gasteiger partial charge in [0.2, 0.25) is 0 Å². The summed E-state index contributed by atoms with van der Waals surface area (Å²) in [6.45, 7) is 2.01. The second-order valence-corrected chi connectivity index (χ2v) is 4.30. The molecular formula is C15H12O3. The highest BCUT2D eigenvalue weighted by atomic mass is 16.5. The van der Waals surface area contributed by atoms with Gasteiger partial charge in [0.15, 0.2) is 0 Å². The maximum atomic E-state index is 11.9. The second-order valence-electron chi connectivity index (χ2n) is 4.30. The smallest absolute Gasteiger partial charge is 0.344 e. The highest BCUT2D eigenvalue weighted by Gasteiger charge is 2.08. The van der Waals surface area contributed by atoms with Crippen molar-refractivity contribution < 1.29 is 9.15 Å². The third kappa shape index (κ3) is 1.56. The molecule has 0 spiro atoms. The van der Waals surface area contributed by atoms with E-state index in [4.69, 9.17) is 9.15 Å². The number of benzene rings is 2. The molecule has 0 aliphatic carbocycles. The van der Waals surface area contributed by atoms with E-state index in [9.17, 15) is 4.79 Å². The fourth-order valence-corrected chi connectivity index (χ4v) is 2.15. The van der Waals surface area contributed by atoms with Crippen LogP contribution in [0.3, 0.4) is 0 Å². The van der Waals surface area contributed by atoms with Crippen LogP contribution in [0.1, 0.15) is 5.56 Å². The van der Waals surface area contributed by atoms with E-state index in [-0.39, 0.29) is 5.63 Å². The fraction of sp³-hybridized carbons (Fsp3) is 0.133. The van der Waals surface area contributed by atoms with E-state index in [1.807, 2.05) is 37.3 Å². The molecule has 1 heterocycles. The van der Waals surface area contributed by atoms with Crippen molar-refractivity contribution in [3.63, 3.8) is 0 Å². The maximum Gasteiger partial charge on any atom is 0.344 e. The standard InChI is InChI=1S/C15H12O3/c1-9-3-6-14-12(7-9)11-5-4-10(17-2)8-13(11)15(16)18-14/h3-8H,1-2H3. The van der Waals surface area contributed by atoms with Crippen molar-refractivity contribution in [3.05, 3.63) is 52.4 Å². The molecule has 0 aliphatic heterocycles. The van der Waals surface area contributed by atoms with Crippen LogP contribution in [0.25, 0.3) is 21.7 Å². The minimum Gasteiger partial charge on any atom is -0.497 e. The van der Waals surface area contributed by atoms with E-state index in [1.54, 1.807) is 13.2 Å². The van der Waals surface area contributed by atoms with Gasteiger partial charge in [-0.2, -0.15) is 0 Å². The van der Waals surface area contributed by atoms with E-state index < -0.39 is 0 Å². The van der Waals surface area contributed by atoms with Crippen molar-refractivity contribution in [2.45, 2.75) is 6.92 Å². The van der Waals surface area contributed by atoms with Gasteiger partial charge in [0.1, 0.15) is 11.3 Å². The van der Waals surface area contributed by atoms with Gasteiger partial charge < -0.3 is 9.15 Å². The molecule has 3 aromatic rings. The average Bonchev–Trinajstić information content (AvgIpc) is 2.39. The van der Waals surface area contributed by atoms with E-state index in [2.05, 4.69) is 0 Å². The molecule has 3 nitrogen and oxygen atoms in total. The Morgan fingerprint density at radius 1 is 1.00 bits per heavy atom. The zero-order chi connectivity index (χ0) is 12.7. The molecule has 0 atom stereocenters. The van der Waals surface area contributed by atoms with Crippen molar-refractivity contribution in [2.75, 3.05) is 7.11 Å². The molecule has 0 unspecified atom stereocenters. The Labute approximate surface area is 104 Å². The predicted molar refractivity (Wildman–Crippen MR) is 71.3 cm³/mol. The van der Waals surface area contributed by atoms with Gasteiger partial charge in [-0.3, -0.25) is 0 Å². The number of aryl methyl sites for hydroxylation is 1. The zero-order valence-corrected chi connectivity index (χ0v) is 10.2. The van der Waals surface area contributed by atoms with Crippen molar-refractivity contribution >= 4 is 21.7 Å². The average molecular weight is 240 g/mol. The zero-order valence-electron chi connectivity index (χ0n) is 10.2. The molecule has 0 bridgehead atoms. The van der Waals surface area contributed by atoms with Crippen molar-refractivity contribution in [2.24, 2.45) is 0 Å². The Morgan fingerprint density at radius 2 is 1.83 bits per heavy atom. The van der Waals surface area contributed by atoms with Crippen LogP contribution in [0, 0.1) is 6.92 Å². The van der Waals surface area contributed by atoms with Crippen molar-refractivity contribution in [1.82, 2.24) is 0 Å². The minimum absolute atomic E-state index is 0.333. The summed E-state index contributed by atoms with van der Waals surface area (Å²) in [5.41, 5.74) is 1.41. The van der Waals surface area contributed by atoms with Crippen LogP contribution in [0.15, 0.2) is 45.6 Å². The number of methoxy groups -OCH3 is 1. The molecule has 0 radical (unpaired) electrons. The summed E-state index contributed by atoms with van der Waals surface area (Å²) in [5.74, 6) is 0.654. The quantitative estimate of drug-likeness (QED) is 0.484. The summed E-state index contributed by atoms with van der Waals surface area (Å²) in [4.78, 5) is 11.9. The Morgan fingerprint density at radius 3 is 2.61 bits per heavy atom. The van der Waals surface area contributed by atoms with E-state index >= 15 is 0 Å². The summed E-state index contributed by atoms with van der Waals surface area (Å²) >= 11 is 0. The Hall–Kier alpha value is -2.29. The van der Waals surface area contributed by atoms with Crippen LogP contribution < -0.4 is 10.4 Å². The third-order valence-electron chi connectivity index (χ3n) is 3.07. The summed E-state index contributed by atoms with van der Waals surface area (Å²) in [6.07, 6.45) is 0. The number of fused-ring (bicyclic) bond motifs is 3. The van der Waals surface area contributed by atoms with Crippen molar-refractivity contribution in [3.8, 4) is 5.75 Å². The number of ether oxygens (including phenoxy) is 1. The molecule has 0 saturated heterocycles. The van der Waals surface area contributed by atoms with Crippen LogP contribution in [-0.2, 0) is 0 Å². The monoisotopic (exact) mass is 240 g/mol. The first-order valence-electron chi connectivity index (χ1n) is 5.70. The normalized spacial score (nSPS) is 11.0. The lowest BCUT2D eigenvalue weighted by Gasteiger charge is -2.05. The largest absolute Gasteiger partial charge is 0.497 e. The lowest BCUT2D eigenvalue weighted by molar-refractivity contribution is 0.415. The first-order valence-corrected chi connectivity index (χ1v) is 5.70. The molecule has 3 rings (SSSR count). The SMILES string of the molecule is COc1ccc2c(c1)c(=O)oc1ccc(C)cc12. The van der Waals surface area contributed by atoms with Crippen LogP contribution in [-0.4, -0.2) is 7.11 Å². The number of hydrogen-bond donors (Lipinski definition) is 0. The summed E-state index contributed by atoms with van der Waals surface area (Å²) < 4.78 is 10.5. The van der Waals surface area contributed by atoms with E-state index in [1.165, 1.54) is 0 Å². The number of hydrogen-bond acceptors (Lipinski definition) is 3. The first-order chi connectivity index (χ1) is 8.69. The molecule has 18 heavy (non-hydrogen) atoms. The highest BCUT2D eigenvalue weighted by Crippen LogP contribution is 2.26. The van der Waals surface area contributed by atoms with Gasteiger partial charge >= 0.3 is 5.63 Å². The summed E-state index contributed by atoms with van der Waals surface area (Å²) in [5, 5.41) is 2.39. The minimum atomic E-state index is -0.333. The van der Waals surface area contributed by atoms with Crippen LogP contribution in [0.4, 0.5) is 0 Å². The molecule has 2 aromatic carbocycles. The summed E-state index contributed by atoms with van der Waals surface area (Å²) in [7, 11) is 1.58. The summed E-state index contributed by atoms with van der Waals surface area (Å²) in [6, 6.07) is 11.2. The van der Waals surface area contributed by atoms with Gasteiger partial charge in [-0.1, -0.05) is 11.6 Å². The molecule has 0 aliphatic rings. The van der Waals surface area contributed by atoms with Gasteiger partial charge in [-0.25, -0.2) is 4.79 Å². The van der Waals surface area contributed by atoms with Gasteiger partial charge in [-0.05, 0) is 37.3 Å². The Balaban J connectivity index is 2.53. The van der Waals surface area contributed by atoms with Crippen molar-refractivity contribution in [1.29, 1.82) is 0 Å². The third-order valence-corrected chi connectivity index (χ3v) is 3.07. The lowest BCUT2D eigenvalue weighted by atomic mass is 10.1. The van der Waals surface area contributed by atoms with E-state index in [0.717, 1.165) is 16.3 Å². The molecule has 0 N–H and O–H groups in total. The topological polar surface area (TPSA) is 39.4 Å². The highest BCUT2D eigenvalue weighted by molar-refractivity contribution is 6.04. The van der Waals surface area contributed by atoms with Gasteiger partial charge in [-0.15, -0.1) is 0 Å². The molecule has 0 saturated carbocycles. The van der Waals surface area contributed by atoms with Crippen LogP contribution in [0.5, 0.6) is 5.75 Å². The van der Waals surface area contributed by atoms with Crippen LogP contribution >= 0.6 is 0 Å². The molecule has 0 amide bonds. The Bertz CT molecular complexity index is 800. The molecular weight excluding hydrogens is 228 g/mol. The maximum absolute atomic E-state index is 11.9. The van der Waals surface area contributed by atoms with Gasteiger partial charge in [0.25, 0.3) is 0 Å². The predicted octanol–water partition coefficient (Wildman–Crippen LogP) is 3.26. The molecule has 1 aromatic heterocycles. The van der Waals surface area contributed by atoms with Gasteiger partial charge in [0.05, 0.1) is 12.5 Å². The molecule has 90 valence electrons. The Kier molecular flexibility index (Phi) is 2.33.